The van der Waals surface area contributed by atoms with E-state index in [1.807, 2.05) is 25.1 Å². The molecule has 3 amide bonds. The van der Waals surface area contributed by atoms with Gasteiger partial charge in [0.25, 0.3) is 5.91 Å². The van der Waals surface area contributed by atoms with Crippen molar-refractivity contribution in [2.75, 3.05) is 32.5 Å². The maximum Gasteiger partial charge on any atom is 0.319 e. The zero-order valence-electron chi connectivity index (χ0n) is 16.0. The number of hydrogen-bond donors (Lipinski definition) is 3. The molecule has 2 aromatic rings. The minimum Gasteiger partial charge on any atom is -0.349 e. The van der Waals surface area contributed by atoms with Gasteiger partial charge in [0.2, 0.25) is 0 Å². The standard InChI is InChI=1S/C21H25FN4O2/c1-4-12-23-20(27)15-8-10-18(11-9-15)25-21(28)24-14-19(26(2)3)16-6-5-7-17(22)13-16/h4-11,13,19H,1,12,14H2,2-3H3,(H,23,27)(H2,24,25,28). The van der Waals surface area contributed by atoms with E-state index in [2.05, 4.69) is 22.5 Å². The van der Waals surface area contributed by atoms with Crippen LogP contribution >= 0.6 is 0 Å². The second-order valence-corrected chi connectivity index (χ2v) is 6.45. The number of amides is 3. The summed E-state index contributed by atoms with van der Waals surface area (Å²) in [5.41, 5.74) is 1.83. The molecule has 2 rings (SSSR count). The van der Waals surface area contributed by atoms with Gasteiger partial charge in [-0.1, -0.05) is 18.2 Å². The van der Waals surface area contributed by atoms with E-state index in [1.54, 1.807) is 36.4 Å². The number of urea groups is 1. The van der Waals surface area contributed by atoms with Gasteiger partial charge in [-0.15, -0.1) is 6.58 Å². The molecule has 3 N–H and O–H groups in total. The Morgan fingerprint density at radius 3 is 2.46 bits per heavy atom. The number of nitrogens with one attached hydrogen (secondary N) is 3. The maximum atomic E-state index is 13.5. The predicted octanol–water partition coefficient (Wildman–Crippen LogP) is 3.17. The first-order valence-corrected chi connectivity index (χ1v) is 8.86. The number of likely N-dealkylation sites (N-methyl/N-ethyl adjacent to an activating group) is 1. The highest BCUT2D eigenvalue weighted by atomic mass is 19.1. The molecule has 0 heterocycles. The number of carbonyl (C=O) groups is 2. The molecule has 2 aromatic carbocycles. The number of benzene rings is 2. The Hall–Kier alpha value is -3.19. The summed E-state index contributed by atoms with van der Waals surface area (Å²) >= 11 is 0. The minimum absolute atomic E-state index is 0.169. The fourth-order valence-electron chi connectivity index (χ4n) is 2.65. The van der Waals surface area contributed by atoms with Crippen LogP contribution in [0.3, 0.4) is 0 Å². The lowest BCUT2D eigenvalue weighted by molar-refractivity contribution is 0.0958. The summed E-state index contributed by atoms with van der Waals surface area (Å²) in [5.74, 6) is -0.522. The zero-order chi connectivity index (χ0) is 20.5. The van der Waals surface area contributed by atoms with Crippen molar-refractivity contribution in [1.82, 2.24) is 15.5 Å². The Balaban J connectivity index is 1.92. The molecule has 0 spiro atoms. The molecule has 1 unspecified atom stereocenters. The third-order valence-electron chi connectivity index (χ3n) is 4.12. The third kappa shape index (κ3) is 6.21. The van der Waals surface area contributed by atoms with Crippen LogP contribution in [0.25, 0.3) is 0 Å². The number of carbonyl (C=O) groups excluding carboxylic acids is 2. The normalized spacial score (nSPS) is 11.6. The molecule has 0 aliphatic rings. The van der Waals surface area contributed by atoms with Crippen LogP contribution in [0, 0.1) is 5.82 Å². The van der Waals surface area contributed by atoms with Gasteiger partial charge in [0, 0.05) is 24.3 Å². The fraction of sp³-hybridized carbons (Fsp3) is 0.238. The molecule has 148 valence electrons. The van der Waals surface area contributed by atoms with Crippen molar-refractivity contribution in [2.24, 2.45) is 0 Å². The van der Waals surface area contributed by atoms with Gasteiger partial charge in [0.1, 0.15) is 5.82 Å². The van der Waals surface area contributed by atoms with Gasteiger partial charge in [0.15, 0.2) is 0 Å². The van der Waals surface area contributed by atoms with Crippen LogP contribution in [0.15, 0.2) is 61.2 Å². The molecule has 0 bridgehead atoms. The summed E-state index contributed by atoms with van der Waals surface area (Å²) in [5, 5.41) is 8.19. The summed E-state index contributed by atoms with van der Waals surface area (Å²) in [6, 6.07) is 12.3. The van der Waals surface area contributed by atoms with E-state index in [1.165, 1.54) is 12.1 Å². The molecule has 0 saturated heterocycles. The van der Waals surface area contributed by atoms with Crippen molar-refractivity contribution in [3.05, 3.63) is 78.1 Å². The highest BCUT2D eigenvalue weighted by molar-refractivity contribution is 5.95. The number of anilines is 1. The van der Waals surface area contributed by atoms with E-state index in [9.17, 15) is 14.0 Å². The second-order valence-electron chi connectivity index (χ2n) is 6.45. The maximum absolute atomic E-state index is 13.5. The first kappa shape index (κ1) is 21.1. The van der Waals surface area contributed by atoms with E-state index >= 15 is 0 Å². The lowest BCUT2D eigenvalue weighted by Crippen LogP contribution is -2.36. The lowest BCUT2D eigenvalue weighted by Gasteiger charge is -2.25. The van der Waals surface area contributed by atoms with Gasteiger partial charge < -0.3 is 20.9 Å². The summed E-state index contributed by atoms with van der Waals surface area (Å²) < 4.78 is 13.5. The summed E-state index contributed by atoms with van der Waals surface area (Å²) in [6.45, 7) is 4.24. The molecule has 0 fully saturated rings. The average Bonchev–Trinajstić information content (AvgIpc) is 2.66. The number of rotatable bonds is 8. The monoisotopic (exact) mass is 384 g/mol. The van der Waals surface area contributed by atoms with Gasteiger partial charge in [-0.2, -0.15) is 0 Å². The largest absolute Gasteiger partial charge is 0.349 e. The van der Waals surface area contributed by atoms with Crippen molar-refractivity contribution in [2.45, 2.75) is 6.04 Å². The van der Waals surface area contributed by atoms with Gasteiger partial charge in [-0.3, -0.25) is 4.79 Å². The molecule has 7 heteroatoms. The molecular formula is C21H25FN4O2. The lowest BCUT2D eigenvalue weighted by atomic mass is 10.1. The highest BCUT2D eigenvalue weighted by Crippen LogP contribution is 2.18. The van der Waals surface area contributed by atoms with Crippen LogP contribution in [-0.4, -0.2) is 44.0 Å². The average molecular weight is 384 g/mol. The van der Waals surface area contributed by atoms with Crippen molar-refractivity contribution in [1.29, 1.82) is 0 Å². The SMILES string of the molecule is C=CCNC(=O)c1ccc(NC(=O)NCC(c2cccc(F)c2)N(C)C)cc1. The second kappa shape index (κ2) is 10.2. The molecule has 6 nitrogen and oxygen atoms in total. The van der Waals surface area contributed by atoms with Gasteiger partial charge in [-0.05, 0) is 56.1 Å². The van der Waals surface area contributed by atoms with Crippen LogP contribution in [0.1, 0.15) is 22.0 Å². The van der Waals surface area contributed by atoms with Gasteiger partial charge >= 0.3 is 6.03 Å². The summed E-state index contributed by atoms with van der Waals surface area (Å²) in [6.07, 6.45) is 1.60. The Bertz CT molecular complexity index is 821. The van der Waals surface area contributed by atoms with E-state index in [-0.39, 0.29) is 23.8 Å². The number of nitrogens with zero attached hydrogens (tertiary/aromatic N) is 1. The topological polar surface area (TPSA) is 73.5 Å². The smallest absolute Gasteiger partial charge is 0.319 e. The van der Waals surface area contributed by atoms with E-state index in [0.29, 0.717) is 24.3 Å². The molecule has 0 saturated carbocycles. The van der Waals surface area contributed by atoms with Gasteiger partial charge in [0.05, 0.1) is 6.04 Å². The van der Waals surface area contributed by atoms with Crippen LogP contribution in [-0.2, 0) is 0 Å². The Morgan fingerprint density at radius 1 is 1.14 bits per heavy atom. The van der Waals surface area contributed by atoms with Crippen LogP contribution < -0.4 is 16.0 Å². The molecule has 0 aliphatic carbocycles. The molecule has 1 atom stereocenters. The number of hydrogen-bond acceptors (Lipinski definition) is 3. The molecule has 0 aliphatic heterocycles. The highest BCUT2D eigenvalue weighted by Gasteiger charge is 2.16. The number of halogens is 1. The summed E-state index contributed by atoms with van der Waals surface area (Å²) in [7, 11) is 3.73. The van der Waals surface area contributed by atoms with Crippen molar-refractivity contribution in [3.8, 4) is 0 Å². The summed E-state index contributed by atoms with van der Waals surface area (Å²) in [4.78, 5) is 25.9. The Labute approximate surface area is 164 Å². The van der Waals surface area contributed by atoms with Crippen LogP contribution in [0.5, 0.6) is 0 Å². The Kier molecular flexibility index (Phi) is 7.71. The van der Waals surface area contributed by atoms with Crippen LogP contribution in [0.4, 0.5) is 14.9 Å². The fourth-order valence-corrected chi connectivity index (χ4v) is 2.65. The third-order valence-corrected chi connectivity index (χ3v) is 4.12. The molecule has 0 aromatic heterocycles. The molecule has 28 heavy (non-hydrogen) atoms. The van der Waals surface area contributed by atoms with Crippen LogP contribution in [0.2, 0.25) is 0 Å². The van der Waals surface area contributed by atoms with Crippen molar-refractivity contribution < 1.29 is 14.0 Å². The first-order chi connectivity index (χ1) is 13.4. The van der Waals surface area contributed by atoms with E-state index in [0.717, 1.165) is 5.56 Å². The predicted molar refractivity (Wildman–Crippen MR) is 109 cm³/mol. The van der Waals surface area contributed by atoms with Gasteiger partial charge in [-0.25, -0.2) is 9.18 Å². The molecule has 0 radical (unpaired) electrons. The van der Waals surface area contributed by atoms with Crippen molar-refractivity contribution >= 4 is 17.6 Å². The van der Waals surface area contributed by atoms with E-state index in [4.69, 9.17) is 0 Å². The zero-order valence-corrected chi connectivity index (χ0v) is 16.0. The quantitative estimate of drug-likeness (QED) is 0.612. The van der Waals surface area contributed by atoms with Crippen molar-refractivity contribution in [3.63, 3.8) is 0 Å². The molecular weight excluding hydrogens is 359 g/mol. The first-order valence-electron chi connectivity index (χ1n) is 8.86. The minimum atomic E-state index is -0.382. The Morgan fingerprint density at radius 2 is 1.86 bits per heavy atom. The van der Waals surface area contributed by atoms with E-state index < -0.39 is 0 Å².